The summed E-state index contributed by atoms with van der Waals surface area (Å²) in [5.41, 5.74) is 2.77. The zero-order chi connectivity index (χ0) is 13.0. The molecule has 0 atom stereocenters. The first-order chi connectivity index (χ1) is 8.80. The minimum absolute atomic E-state index is 0.416. The smallest absolute Gasteiger partial charge is 0.221 e. The molecule has 18 heavy (non-hydrogen) atoms. The second-order valence-electron chi connectivity index (χ2n) is 3.73. The summed E-state index contributed by atoms with van der Waals surface area (Å²) in [4.78, 5) is 4.26. The van der Waals surface area contributed by atoms with Gasteiger partial charge in [-0.3, -0.25) is 0 Å². The maximum absolute atomic E-state index is 5.84. The van der Waals surface area contributed by atoms with Crippen molar-refractivity contribution < 1.29 is 9.47 Å². The van der Waals surface area contributed by atoms with Crippen LogP contribution in [0.15, 0.2) is 36.5 Å². The van der Waals surface area contributed by atoms with Crippen LogP contribution in [-0.4, -0.2) is 19.2 Å². The van der Waals surface area contributed by atoms with Crippen LogP contribution in [0.3, 0.4) is 0 Å². The molecule has 0 spiro atoms. The highest BCUT2D eigenvalue weighted by molar-refractivity contribution is 6.17. The molecule has 0 saturated carbocycles. The third-order valence-corrected chi connectivity index (χ3v) is 2.96. The molecule has 0 amide bonds. The van der Waals surface area contributed by atoms with E-state index in [0.717, 1.165) is 22.4 Å². The van der Waals surface area contributed by atoms with Gasteiger partial charge in [0.15, 0.2) is 0 Å². The Morgan fingerprint density at radius 2 is 1.89 bits per heavy atom. The van der Waals surface area contributed by atoms with Crippen LogP contribution in [0.1, 0.15) is 5.56 Å². The van der Waals surface area contributed by atoms with Gasteiger partial charge in [0.25, 0.3) is 0 Å². The normalized spacial score (nSPS) is 10.2. The molecule has 0 aliphatic rings. The van der Waals surface area contributed by atoms with Gasteiger partial charge in [-0.05, 0) is 17.7 Å². The first kappa shape index (κ1) is 12.7. The Morgan fingerprint density at radius 3 is 2.56 bits per heavy atom. The summed E-state index contributed by atoms with van der Waals surface area (Å²) in [6.45, 7) is 0. The number of hydrogen-bond donors (Lipinski definition) is 0. The molecule has 0 N–H and O–H groups in total. The Bertz CT molecular complexity index is 543. The third-order valence-electron chi connectivity index (χ3n) is 2.65. The number of halogens is 1. The zero-order valence-electron chi connectivity index (χ0n) is 10.3. The number of aromatic nitrogens is 1. The lowest BCUT2D eigenvalue weighted by atomic mass is 10.0. The molecule has 0 saturated heterocycles. The van der Waals surface area contributed by atoms with Crippen molar-refractivity contribution in [3.63, 3.8) is 0 Å². The Morgan fingerprint density at radius 1 is 1.11 bits per heavy atom. The number of methoxy groups -OCH3 is 2. The van der Waals surface area contributed by atoms with Crippen molar-refractivity contribution in [2.24, 2.45) is 0 Å². The van der Waals surface area contributed by atoms with E-state index in [2.05, 4.69) is 4.98 Å². The van der Waals surface area contributed by atoms with Crippen LogP contribution >= 0.6 is 11.6 Å². The van der Waals surface area contributed by atoms with E-state index in [4.69, 9.17) is 21.1 Å². The number of benzene rings is 1. The van der Waals surface area contributed by atoms with Gasteiger partial charge < -0.3 is 9.47 Å². The molecule has 0 aliphatic carbocycles. The molecule has 0 aliphatic heterocycles. The second-order valence-corrected chi connectivity index (χ2v) is 4.00. The van der Waals surface area contributed by atoms with Gasteiger partial charge in [0.1, 0.15) is 5.75 Å². The van der Waals surface area contributed by atoms with Crippen LogP contribution in [0.4, 0.5) is 0 Å². The third kappa shape index (κ3) is 2.41. The maximum atomic E-state index is 5.84. The van der Waals surface area contributed by atoms with E-state index < -0.39 is 0 Å². The molecule has 1 aromatic carbocycles. The van der Waals surface area contributed by atoms with Crippen molar-refractivity contribution in [1.29, 1.82) is 0 Å². The van der Waals surface area contributed by atoms with Crippen molar-refractivity contribution >= 4 is 11.6 Å². The summed E-state index contributed by atoms with van der Waals surface area (Å²) in [6.07, 6.45) is 1.71. The molecule has 0 unspecified atom stereocenters. The number of ether oxygens (including phenoxy) is 2. The summed E-state index contributed by atoms with van der Waals surface area (Å²) in [6, 6.07) is 9.72. The molecule has 0 radical (unpaired) electrons. The molecule has 0 fully saturated rings. The number of pyridine rings is 1. The molecular weight excluding hydrogens is 250 g/mol. The molecule has 1 heterocycles. The van der Waals surface area contributed by atoms with Gasteiger partial charge in [0.05, 0.1) is 14.2 Å². The van der Waals surface area contributed by atoms with Crippen molar-refractivity contribution in [3.8, 4) is 22.8 Å². The van der Waals surface area contributed by atoms with Crippen molar-refractivity contribution in [3.05, 3.63) is 42.1 Å². The highest BCUT2D eigenvalue weighted by atomic mass is 35.5. The fourth-order valence-electron chi connectivity index (χ4n) is 1.79. The molecule has 94 valence electrons. The van der Waals surface area contributed by atoms with Crippen molar-refractivity contribution in [2.75, 3.05) is 14.2 Å². The molecule has 0 bridgehead atoms. The van der Waals surface area contributed by atoms with Crippen molar-refractivity contribution in [2.45, 2.75) is 5.88 Å². The van der Waals surface area contributed by atoms with Gasteiger partial charge in [-0.25, -0.2) is 4.98 Å². The van der Waals surface area contributed by atoms with E-state index in [-0.39, 0.29) is 0 Å². The van der Waals surface area contributed by atoms with Crippen LogP contribution in [-0.2, 0) is 5.88 Å². The van der Waals surface area contributed by atoms with Crippen LogP contribution in [0.25, 0.3) is 11.1 Å². The lowest BCUT2D eigenvalue weighted by molar-refractivity contribution is 0.397. The minimum atomic E-state index is 0.416. The Hall–Kier alpha value is -1.74. The number of nitrogens with zero attached hydrogens (tertiary/aromatic N) is 1. The fraction of sp³-hybridized carbons (Fsp3) is 0.214. The first-order valence-corrected chi connectivity index (χ1v) is 6.06. The number of para-hydroxylation sites is 1. The summed E-state index contributed by atoms with van der Waals surface area (Å²) >= 11 is 5.84. The van der Waals surface area contributed by atoms with Gasteiger partial charge in [0, 0.05) is 23.2 Å². The van der Waals surface area contributed by atoms with E-state index in [0.29, 0.717) is 11.8 Å². The molecule has 2 rings (SSSR count). The number of rotatable bonds is 4. The Labute approximate surface area is 111 Å². The summed E-state index contributed by atoms with van der Waals surface area (Å²) in [5.74, 6) is 1.76. The van der Waals surface area contributed by atoms with E-state index in [1.54, 1.807) is 20.4 Å². The lowest BCUT2D eigenvalue weighted by Gasteiger charge is -2.12. The summed E-state index contributed by atoms with van der Waals surface area (Å²) < 4.78 is 10.6. The van der Waals surface area contributed by atoms with E-state index in [9.17, 15) is 0 Å². The van der Waals surface area contributed by atoms with Gasteiger partial charge in [-0.2, -0.15) is 0 Å². The number of alkyl halides is 1. The quantitative estimate of drug-likeness (QED) is 0.791. The monoisotopic (exact) mass is 263 g/mol. The molecular formula is C14H14ClNO2. The standard InChI is InChI=1S/C14H14ClNO2/c1-17-13-6-4-3-5-11(13)12-7-10(8-15)9-16-14(12)18-2/h3-7,9H,8H2,1-2H3. The first-order valence-electron chi connectivity index (χ1n) is 5.52. The second kappa shape index (κ2) is 5.74. The number of hydrogen-bond acceptors (Lipinski definition) is 3. The SMILES string of the molecule is COc1ccccc1-c1cc(CCl)cnc1OC. The van der Waals surface area contributed by atoms with Gasteiger partial charge in [-0.15, -0.1) is 11.6 Å². The van der Waals surface area contributed by atoms with Gasteiger partial charge in [0.2, 0.25) is 5.88 Å². The molecule has 3 nitrogen and oxygen atoms in total. The zero-order valence-corrected chi connectivity index (χ0v) is 11.1. The molecule has 2 aromatic rings. The van der Waals surface area contributed by atoms with E-state index >= 15 is 0 Å². The predicted molar refractivity (Wildman–Crippen MR) is 72.3 cm³/mol. The van der Waals surface area contributed by atoms with E-state index in [1.807, 2.05) is 30.3 Å². The van der Waals surface area contributed by atoms with Crippen LogP contribution in [0, 0.1) is 0 Å². The molecule has 1 aromatic heterocycles. The minimum Gasteiger partial charge on any atom is -0.496 e. The average Bonchev–Trinajstić information content (AvgIpc) is 2.46. The highest BCUT2D eigenvalue weighted by Crippen LogP contribution is 2.35. The van der Waals surface area contributed by atoms with Crippen LogP contribution in [0.5, 0.6) is 11.6 Å². The summed E-state index contributed by atoms with van der Waals surface area (Å²) in [5, 5.41) is 0. The Balaban J connectivity index is 2.60. The Kier molecular flexibility index (Phi) is 4.05. The predicted octanol–water partition coefficient (Wildman–Crippen LogP) is 3.50. The van der Waals surface area contributed by atoms with Gasteiger partial charge in [-0.1, -0.05) is 18.2 Å². The summed E-state index contributed by atoms with van der Waals surface area (Å²) in [7, 11) is 3.24. The largest absolute Gasteiger partial charge is 0.496 e. The fourth-order valence-corrected chi connectivity index (χ4v) is 1.94. The van der Waals surface area contributed by atoms with E-state index in [1.165, 1.54) is 0 Å². The van der Waals surface area contributed by atoms with Gasteiger partial charge >= 0.3 is 0 Å². The topological polar surface area (TPSA) is 31.4 Å². The average molecular weight is 264 g/mol. The molecule has 4 heteroatoms. The van der Waals surface area contributed by atoms with Crippen LogP contribution < -0.4 is 9.47 Å². The van der Waals surface area contributed by atoms with Crippen molar-refractivity contribution in [1.82, 2.24) is 4.98 Å². The highest BCUT2D eigenvalue weighted by Gasteiger charge is 2.12. The van der Waals surface area contributed by atoms with Crippen LogP contribution in [0.2, 0.25) is 0 Å². The lowest BCUT2D eigenvalue weighted by Crippen LogP contribution is -1.95. The maximum Gasteiger partial charge on any atom is 0.221 e.